The molecule has 2 atom stereocenters. The number of fused-ring (bicyclic) bond motifs is 3. The fourth-order valence-electron chi connectivity index (χ4n) is 5.17. The second-order valence-corrected chi connectivity index (χ2v) is 10.9. The van der Waals surface area contributed by atoms with Gasteiger partial charge in [-0.05, 0) is 38.5 Å². The van der Waals surface area contributed by atoms with Gasteiger partial charge in [-0.25, -0.2) is 14.0 Å². The average molecular weight is 498 g/mol. The van der Waals surface area contributed by atoms with Crippen LogP contribution in [0.15, 0.2) is 54.6 Å². The summed E-state index contributed by atoms with van der Waals surface area (Å²) in [5, 5.41) is 2.59. The first-order valence-electron chi connectivity index (χ1n) is 12.4. The zero-order valence-electron chi connectivity index (χ0n) is 21.0. The first-order chi connectivity index (χ1) is 17.0. The Bertz CT molecular complexity index is 1090. The fraction of sp³-hybridized carbons (Fsp3) is 0.464. The van der Waals surface area contributed by atoms with Gasteiger partial charge in [0.05, 0.1) is 13.1 Å². The van der Waals surface area contributed by atoms with E-state index in [-0.39, 0.29) is 17.8 Å². The smallest absolute Gasteiger partial charge is 0.408 e. The van der Waals surface area contributed by atoms with Crippen molar-refractivity contribution in [2.45, 2.75) is 51.4 Å². The highest BCUT2D eigenvalue weighted by atomic mass is 19.1. The maximum absolute atomic E-state index is 13.5. The van der Waals surface area contributed by atoms with Crippen molar-refractivity contribution in [1.82, 2.24) is 5.32 Å². The number of amides is 1. The van der Waals surface area contributed by atoms with Crippen molar-refractivity contribution in [3.05, 3.63) is 71.5 Å². The third-order valence-electron chi connectivity index (χ3n) is 6.98. The zero-order chi connectivity index (χ0) is 25.9. The molecule has 3 saturated heterocycles. The van der Waals surface area contributed by atoms with Crippen LogP contribution in [0.25, 0.3) is 0 Å². The Morgan fingerprint density at radius 3 is 2.28 bits per heavy atom. The van der Waals surface area contributed by atoms with Crippen LogP contribution in [-0.2, 0) is 14.3 Å². The summed E-state index contributed by atoms with van der Waals surface area (Å²) in [4.78, 5) is 38.8. The number of piperidine rings is 3. The summed E-state index contributed by atoms with van der Waals surface area (Å²) in [6.45, 7) is 7.84. The number of alkyl carbamates (subject to hydrolysis) is 1. The van der Waals surface area contributed by atoms with Gasteiger partial charge in [0.25, 0.3) is 0 Å². The third kappa shape index (κ3) is 6.29. The molecule has 0 spiro atoms. The molecule has 8 heteroatoms. The number of halogens is 1. The molecule has 5 rings (SSSR count). The lowest BCUT2D eigenvalue weighted by molar-refractivity contribution is -0.938. The molecule has 2 aromatic carbocycles. The normalized spacial score (nSPS) is 24.0. The van der Waals surface area contributed by atoms with Crippen LogP contribution in [0, 0.1) is 11.7 Å². The van der Waals surface area contributed by atoms with Crippen molar-refractivity contribution in [1.29, 1.82) is 0 Å². The van der Waals surface area contributed by atoms with Gasteiger partial charge in [-0.15, -0.1) is 0 Å². The molecule has 0 aliphatic carbocycles. The summed E-state index contributed by atoms with van der Waals surface area (Å²) >= 11 is 0. The summed E-state index contributed by atoms with van der Waals surface area (Å²) < 4.78 is 25.4. The molecule has 3 aliphatic heterocycles. The standard InChI is InChI=1S/C28H33FN2O5/c1-28(2,3)36-27(34)30-25(21-9-11-22(29)12-10-21)26(33)35-24-18-31(15-13-20(24)14-16-31)17-23(32)19-7-5-4-6-8-19/h4-12,20,24-25H,13-18H2,1-3H3/p+1. The number of nitrogens with one attached hydrogen (secondary N) is 1. The molecule has 2 aromatic rings. The number of rotatable bonds is 7. The average Bonchev–Trinajstić information content (AvgIpc) is 2.83. The molecular weight excluding hydrogens is 463 g/mol. The highest BCUT2D eigenvalue weighted by molar-refractivity contribution is 5.97. The van der Waals surface area contributed by atoms with Gasteiger partial charge in [0.2, 0.25) is 5.78 Å². The Hall–Kier alpha value is -3.26. The molecule has 2 unspecified atom stereocenters. The number of benzene rings is 2. The quantitative estimate of drug-likeness (QED) is 0.348. The second-order valence-electron chi connectivity index (χ2n) is 10.9. The molecule has 3 fully saturated rings. The topological polar surface area (TPSA) is 81.7 Å². The van der Waals surface area contributed by atoms with E-state index in [0.717, 1.165) is 25.9 Å². The fourth-order valence-corrected chi connectivity index (χ4v) is 5.17. The van der Waals surface area contributed by atoms with Gasteiger partial charge in [0.1, 0.15) is 24.5 Å². The Morgan fingerprint density at radius 1 is 1.03 bits per heavy atom. The molecule has 1 N–H and O–H groups in total. The van der Waals surface area contributed by atoms with E-state index in [0.29, 0.717) is 28.7 Å². The van der Waals surface area contributed by atoms with Gasteiger partial charge in [0.15, 0.2) is 12.1 Å². The van der Waals surface area contributed by atoms with Crippen molar-refractivity contribution in [3.8, 4) is 0 Å². The number of Topliss-reactive ketones (excluding diaryl/α,β-unsaturated/α-hetero) is 1. The van der Waals surface area contributed by atoms with E-state index in [1.165, 1.54) is 24.3 Å². The number of carbonyl (C=O) groups is 3. The van der Waals surface area contributed by atoms with Crippen LogP contribution >= 0.6 is 0 Å². The van der Waals surface area contributed by atoms with E-state index < -0.39 is 29.5 Å². The largest absolute Gasteiger partial charge is 0.454 e. The minimum Gasteiger partial charge on any atom is -0.454 e. The summed E-state index contributed by atoms with van der Waals surface area (Å²) in [5.74, 6) is -0.790. The molecule has 7 nitrogen and oxygen atoms in total. The highest BCUT2D eigenvalue weighted by Crippen LogP contribution is 2.36. The lowest BCUT2D eigenvalue weighted by atomic mass is 9.82. The van der Waals surface area contributed by atoms with E-state index in [1.807, 2.05) is 30.3 Å². The van der Waals surface area contributed by atoms with Crippen LogP contribution in [0.4, 0.5) is 9.18 Å². The monoisotopic (exact) mass is 497 g/mol. The van der Waals surface area contributed by atoms with Crippen molar-refractivity contribution in [3.63, 3.8) is 0 Å². The van der Waals surface area contributed by atoms with Crippen LogP contribution in [0.1, 0.15) is 55.6 Å². The van der Waals surface area contributed by atoms with Crippen LogP contribution in [-0.4, -0.2) is 60.2 Å². The van der Waals surface area contributed by atoms with Gasteiger partial charge in [0, 0.05) is 24.3 Å². The third-order valence-corrected chi connectivity index (χ3v) is 6.98. The molecule has 36 heavy (non-hydrogen) atoms. The molecule has 2 bridgehead atoms. The predicted octanol–water partition coefficient (Wildman–Crippen LogP) is 4.43. The summed E-state index contributed by atoms with van der Waals surface area (Å²) in [7, 11) is 0. The van der Waals surface area contributed by atoms with Crippen molar-refractivity contribution in [2.75, 3.05) is 26.2 Å². The Labute approximate surface area is 211 Å². The molecular formula is C28H34FN2O5+. The Kier molecular flexibility index (Phi) is 7.45. The predicted molar refractivity (Wildman–Crippen MR) is 132 cm³/mol. The van der Waals surface area contributed by atoms with Gasteiger partial charge in [-0.1, -0.05) is 42.5 Å². The van der Waals surface area contributed by atoms with Gasteiger partial charge >= 0.3 is 12.1 Å². The molecule has 192 valence electrons. The first kappa shape index (κ1) is 25.8. The number of nitrogens with zero attached hydrogens (tertiary/aromatic N) is 1. The van der Waals surface area contributed by atoms with E-state index in [4.69, 9.17) is 9.47 Å². The summed E-state index contributed by atoms with van der Waals surface area (Å²) in [5.41, 5.74) is 0.333. The van der Waals surface area contributed by atoms with Gasteiger partial charge in [-0.2, -0.15) is 0 Å². The molecule has 3 aliphatic rings. The van der Waals surface area contributed by atoms with Gasteiger partial charge < -0.3 is 19.3 Å². The second kappa shape index (κ2) is 10.4. The molecule has 0 saturated carbocycles. The number of esters is 1. The lowest BCUT2D eigenvalue weighted by Crippen LogP contribution is -2.66. The van der Waals surface area contributed by atoms with E-state index in [1.54, 1.807) is 20.8 Å². The van der Waals surface area contributed by atoms with Crippen molar-refractivity contribution >= 4 is 17.8 Å². The highest BCUT2D eigenvalue weighted by Gasteiger charge is 2.49. The number of quaternary nitrogens is 1. The SMILES string of the molecule is CC(C)(C)OC(=O)NC(C(=O)OC1C[N+]2(CC(=O)c3ccccc3)CCC1CC2)c1ccc(F)cc1. The number of hydrogen-bond donors (Lipinski definition) is 1. The minimum atomic E-state index is -1.14. The molecule has 0 aromatic heterocycles. The molecule has 1 amide bonds. The number of carbonyl (C=O) groups excluding carboxylic acids is 3. The van der Waals surface area contributed by atoms with Gasteiger partial charge in [-0.3, -0.25) is 4.79 Å². The number of hydrogen-bond acceptors (Lipinski definition) is 5. The minimum absolute atomic E-state index is 0.0804. The van der Waals surface area contributed by atoms with E-state index >= 15 is 0 Å². The zero-order valence-corrected chi connectivity index (χ0v) is 21.0. The number of ether oxygens (including phenoxy) is 2. The van der Waals surface area contributed by atoms with E-state index in [2.05, 4.69) is 5.32 Å². The molecule has 3 heterocycles. The number of ketones is 1. The van der Waals surface area contributed by atoms with Crippen molar-refractivity contribution < 1.29 is 32.7 Å². The van der Waals surface area contributed by atoms with Crippen LogP contribution in [0.5, 0.6) is 0 Å². The van der Waals surface area contributed by atoms with Crippen molar-refractivity contribution in [2.24, 2.45) is 5.92 Å². The Balaban J connectivity index is 1.48. The summed E-state index contributed by atoms with van der Waals surface area (Å²) in [6, 6.07) is 13.5. The van der Waals surface area contributed by atoms with E-state index in [9.17, 15) is 18.8 Å². The molecule has 0 radical (unpaired) electrons. The maximum Gasteiger partial charge on any atom is 0.408 e. The van der Waals surface area contributed by atoms with Crippen LogP contribution in [0.3, 0.4) is 0 Å². The first-order valence-corrected chi connectivity index (χ1v) is 12.4. The lowest BCUT2D eigenvalue weighted by Gasteiger charge is -2.51. The van der Waals surface area contributed by atoms with Crippen LogP contribution < -0.4 is 5.32 Å². The summed E-state index contributed by atoms with van der Waals surface area (Å²) in [6.07, 6.45) is 0.591. The Morgan fingerprint density at radius 2 is 1.67 bits per heavy atom. The maximum atomic E-state index is 13.5. The van der Waals surface area contributed by atoms with Crippen LogP contribution in [0.2, 0.25) is 0 Å².